The first kappa shape index (κ1) is 26.6. The van der Waals surface area contributed by atoms with E-state index in [1.807, 2.05) is 0 Å². The second-order valence-electron chi connectivity index (χ2n) is 8.86. The molecule has 0 bridgehead atoms. The summed E-state index contributed by atoms with van der Waals surface area (Å²) in [6, 6.07) is 8.29. The highest BCUT2D eigenvalue weighted by Gasteiger charge is 2.40. The van der Waals surface area contributed by atoms with Gasteiger partial charge in [0.15, 0.2) is 0 Å². The van der Waals surface area contributed by atoms with Gasteiger partial charge in [-0.15, -0.1) is 0 Å². The quantitative estimate of drug-likeness (QED) is 0.382. The summed E-state index contributed by atoms with van der Waals surface area (Å²) in [5.41, 5.74) is -2.29. The Morgan fingerprint density at radius 3 is 2.08 bits per heavy atom. The lowest BCUT2D eigenvalue weighted by Gasteiger charge is -2.25. The Bertz CT molecular complexity index is 1240. The fraction of sp³-hybridized carbons (Fsp3) is 0.360. The highest BCUT2D eigenvalue weighted by molar-refractivity contribution is 5.92. The summed E-state index contributed by atoms with van der Waals surface area (Å²) in [7, 11) is 1.59. The van der Waals surface area contributed by atoms with Crippen LogP contribution in [0.3, 0.4) is 0 Å². The monoisotopic (exact) mass is 529 g/mol. The molecule has 1 aliphatic rings. The first-order chi connectivity index (χ1) is 17.2. The first-order valence-electron chi connectivity index (χ1n) is 11.2. The Morgan fingerprint density at radius 2 is 1.57 bits per heavy atom. The molecule has 3 atom stereocenters. The van der Waals surface area contributed by atoms with Gasteiger partial charge in [-0.05, 0) is 54.4 Å². The maximum atomic E-state index is 13.5. The van der Waals surface area contributed by atoms with E-state index in [2.05, 4.69) is 5.10 Å². The van der Waals surface area contributed by atoms with Crippen molar-refractivity contribution in [3.8, 4) is 0 Å². The standard InChI is InChI=1S/C25H22F7N3O2/c1-14(16-9-17(24(27,28)29)11-18(10-16)25(30,31)32)37-22-13-35(23(36)21-7-8-33-34(21)2)12-20(22)15-3-5-19(26)6-4-15/h3-11,14,20,22H,12-13H2,1-2H3. The SMILES string of the molecule is CC(OC1CN(C(=O)c2ccnn2C)CC1c1ccc(F)cc1)c1cc(C(F)(F)F)cc(C(F)(F)F)c1. The van der Waals surface area contributed by atoms with E-state index in [0.717, 1.165) is 0 Å². The summed E-state index contributed by atoms with van der Waals surface area (Å²) >= 11 is 0. The van der Waals surface area contributed by atoms with Gasteiger partial charge in [0.1, 0.15) is 11.5 Å². The van der Waals surface area contributed by atoms with E-state index in [-0.39, 0.29) is 30.6 Å². The van der Waals surface area contributed by atoms with Crippen LogP contribution in [0.5, 0.6) is 0 Å². The Balaban J connectivity index is 1.65. The number of hydrogen-bond acceptors (Lipinski definition) is 3. The molecule has 1 aliphatic heterocycles. The molecule has 0 aliphatic carbocycles. The van der Waals surface area contributed by atoms with Crippen LogP contribution in [0.2, 0.25) is 0 Å². The Morgan fingerprint density at radius 1 is 0.973 bits per heavy atom. The van der Waals surface area contributed by atoms with Crippen molar-refractivity contribution in [1.29, 1.82) is 0 Å². The van der Waals surface area contributed by atoms with Crippen LogP contribution in [0.15, 0.2) is 54.7 Å². The van der Waals surface area contributed by atoms with E-state index in [4.69, 9.17) is 4.74 Å². The number of amides is 1. The summed E-state index contributed by atoms with van der Waals surface area (Å²) in [5.74, 6) is -1.36. The van der Waals surface area contributed by atoms with E-state index in [1.165, 1.54) is 53.0 Å². The molecule has 1 aromatic heterocycles. The molecule has 0 radical (unpaired) electrons. The fourth-order valence-corrected chi connectivity index (χ4v) is 4.41. The van der Waals surface area contributed by atoms with Crippen molar-refractivity contribution >= 4 is 5.91 Å². The van der Waals surface area contributed by atoms with Crippen molar-refractivity contribution in [3.63, 3.8) is 0 Å². The van der Waals surface area contributed by atoms with Gasteiger partial charge >= 0.3 is 12.4 Å². The second kappa shape index (κ2) is 9.81. The topological polar surface area (TPSA) is 47.4 Å². The van der Waals surface area contributed by atoms with Gasteiger partial charge in [-0.25, -0.2) is 4.39 Å². The predicted molar refractivity (Wildman–Crippen MR) is 118 cm³/mol. The largest absolute Gasteiger partial charge is 0.416 e. The van der Waals surface area contributed by atoms with Gasteiger partial charge in [-0.1, -0.05) is 12.1 Å². The van der Waals surface area contributed by atoms with Crippen LogP contribution in [0.4, 0.5) is 30.7 Å². The van der Waals surface area contributed by atoms with Crippen LogP contribution in [0, 0.1) is 5.82 Å². The average molecular weight is 529 g/mol. The van der Waals surface area contributed by atoms with Crippen molar-refractivity contribution in [2.24, 2.45) is 7.05 Å². The normalized spacial score (nSPS) is 19.3. The number of carbonyl (C=O) groups is 1. The molecule has 1 amide bonds. The minimum absolute atomic E-state index is 0.0154. The molecule has 0 spiro atoms. The Labute approximate surface area is 207 Å². The number of hydrogen-bond donors (Lipinski definition) is 0. The zero-order chi connectivity index (χ0) is 27.1. The molecule has 4 rings (SSSR count). The molecule has 198 valence electrons. The number of ether oxygens (including phenoxy) is 1. The van der Waals surface area contributed by atoms with Crippen LogP contribution < -0.4 is 0 Å². The molecule has 2 heterocycles. The third kappa shape index (κ3) is 5.79. The van der Waals surface area contributed by atoms with Gasteiger partial charge in [0, 0.05) is 32.3 Å². The molecule has 12 heteroatoms. The maximum absolute atomic E-state index is 13.5. The van der Waals surface area contributed by atoms with Gasteiger partial charge in [0.05, 0.1) is 23.3 Å². The maximum Gasteiger partial charge on any atom is 0.416 e. The molecule has 0 N–H and O–H groups in total. The molecule has 1 saturated heterocycles. The highest BCUT2D eigenvalue weighted by atomic mass is 19.4. The fourth-order valence-electron chi connectivity index (χ4n) is 4.41. The van der Waals surface area contributed by atoms with Crippen molar-refractivity contribution in [3.05, 3.63) is 88.5 Å². The summed E-state index contributed by atoms with van der Waals surface area (Å²) in [4.78, 5) is 14.5. The summed E-state index contributed by atoms with van der Waals surface area (Å²) in [6.45, 7) is 1.51. The molecule has 37 heavy (non-hydrogen) atoms. The van der Waals surface area contributed by atoms with E-state index in [1.54, 1.807) is 7.05 Å². The van der Waals surface area contributed by atoms with Gasteiger partial charge in [0.2, 0.25) is 0 Å². The van der Waals surface area contributed by atoms with Gasteiger partial charge in [-0.3, -0.25) is 9.48 Å². The van der Waals surface area contributed by atoms with E-state index >= 15 is 0 Å². The molecular weight excluding hydrogens is 507 g/mol. The van der Waals surface area contributed by atoms with Crippen LogP contribution >= 0.6 is 0 Å². The number of benzene rings is 2. The van der Waals surface area contributed by atoms with Crippen LogP contribution in [0.25, 0.3) is 0 Å². The lowest BCUT2D eigenvalue weighted by molar-refractivity contribution is -0.143. The lowest BCUT2D eigenvalue weighted by Crippen LogP contribution is -2.31. The minimum atomic E-state index is -4.99. The minimum Gasteiger partial charge on any atom is -0.368 e. The summed E-state index contributed by atoms with van der Waals surface area (Å²) < 4.78 is 101. The molecule has 3 aromatic rings. The van der Waals surface area contributed by atoms with E-state index in [9.17, 15) is 35.5 Å². The number of likely N-dealkylation sites (tertiary alicyclic amines) is 1. The first-order valence-corrected chi connectivity index (χ1v) is 11.2. The van der Waals surface area contributed by atoms with E-state index < -0.39 is 47.4 Å². The molecule has 2 aromatic carbocycles. The zero-order valence-electron chi connectivity index (χ0n) is 19.6. The van der Waals surface area contributed by atoms with Crippen LogP contribution in [-0.2, 0) is 24.1 Å². The van der Waals surface area contributed by atoms with Gasteiger partial charge in [0.25, 0.3) is 5.91 Å². The van der Waals surface area contributed by atoms with Crippen LogP contribution in [0.1, 0.15) is 51.7 Å². The van der Waals surface area contributed by atoms with E-state index in [0.29, 0.717) is 23.4 Å². The number of rotatable bonds is 5. The van der Waals surface area contributed by atoms with Gasteiger partial charge in [-0.2, -0.15) is 31.4 Å². The molecule has 3 unspecified atom stereocenters. The summed E-state index contributed by atoms with van der Waals surface area (Å²) in [6.07, 6.45) is -10.5. The molecule has 1 fully saturated rings. The smallest absolute Gasteiger partial charge is 0.368 e. The number of alkyl halides is 6. The summed E-state index contributed by atoms with van der Waals surface area (Å²) in [5, 5.41) is 3.97. The highest BCUT2D eigenvalue weighted by Crippen LogP contribution is 2.39. The molecule has 0 saturated carbocycles. The molecular formula is C25H22F7N3O2. The van der Waals surface area contributed by atoms with Crippen molar-refractivity contribution < 1.29 is 40.3 Å². The van der Waals surface area contributed by atoms with Crippen LogP contribution in [-0.4, -0.2) is 39.8 Å². The Hall–Kier alpha value is -3.41. The molecule has 5 nitrogen and oxygen atoms in total. The van der Waals surface area contributed by atoms with Crippen molar-refractivity contribution in [2.45, 2.75) is 37.4 Å². The number of carbonyl (C=O) groups excluding carboxylic acids is 1. The number of nitrogens with zero attached hydrogens (tertiary/aromatic N) is 3. The zero-order valence-corrected chi connectivity index (χ0v) is 19.6. The third-order valence-corrected chi connectivity index (χ3v) is 6.35. The second-order valence-corrected chi connectivity index (χ2v) is 8.86. The van der Waals surface area contributed by atoms with Crippen molar-refractivity contribution in [1.82, 2.24) is 14.7 Å². The predicted octanol–water partition coefficient (Wildman–Crippen LogP) is 5.98. The number of aromatic nitrogens is 2. The number of halogens is 7. The van der Waals surface area contributed by atoms with Gasteiger partial charge < -0.3 is 9.64 Å². The third-order valence-electron chi connectivity index (χ3n) is 6.35. The number of aryl methyl sites for hydroxylation is 1. The Kier molecular flexibility index (Phi) is 7.06. The average Bonchev–Trinajstić information content (AvgIpc) is 3.44. The van der Waals surface area contributed by atoms with Crippen molar-refractivity contribution in [2.75, 3.05) is 13.1 Å². The lowest BCUT2D eigenvalue weighted by atomic mass is 9.95.